The molecule has 0 spiro atoms. The lowest BCUT2D eigenvalue weighted by Gasteiger charge is -2.09. The number of halogens is 2. The fourth-order valence-corrected chi connectivity index (χ4v) is 1.79. The summed E-state index contributed by atoms with van der Waals surface area (Å²) in [5, 5.41) is 12.7. The number of hydrogen-bond donors (Lipinski definition) is 1. The lowest BCUT2D eigenvalue weighted by Crippen LogP contribution is -2.07. The van der Waals surface area contributed by atoms with Gasteiger partial charge in [0, 0.05) is 5.92 Å². The minimum atomic E-state index is -1.26. The summed E-state index contributed by atoms with van der Waals surface area (Å²) in [6.45, 7) is 3.63. The largest absolute Gasteiger partial charge is 0.475 e. The van der Waals surface area contributed by atoms with E-state index in [0.717, 1.165) is 0 Å². The van der Waals surface area contributed by atoms with Gasteiger partial charge in [0.05, 0.1) is 5.02 Å². The SMILES string of the molecule is CC(C)c1nc(C(=O)O)nn1-c1cccc(Cl)c1F. The van der Waals surface area contributed by atoms with Crippen LogP contribution in [0.3, 0.4) is 0 Å². The zero-order chi connectivity index (χ0) is 14.2. The van der Waals surface area contributed by atoms with E-state index in [0.29, 0.717) is 5.82 Å². The molecule has 0 bridgehead atoms. The number of hydrogen-bond acceptors (Lipinski definition) is 3. The Morgan fingerprint density at radius 2 is 2.16 bits per heavy atom. The Kier molecular flexibility index (Phi) is 3.53. The molecule has 0 amide bonds. The molecule has 0 aliphatic rings. The topological polar surface area (TPSA) is 68.0 Å². The van der Waals surface area contributed by atoms with Gasteiger partial charge in [0.1, 0.15) is 11.5 Å². The molecule has 100 valence electrons. The Morgan fingerprint density at radius 1 is 1.47 bits per heavy atom. The fourth-order valence-electron chi connectivity index (χ4n) is 1.62. The Morgan fingerprint density at radius 3 is 2.74 bits per heavy atom. The lowest BCUT2D eigenvalue weighted by molar-refractivity contribution is 0.0683. The molecule has 5 nitrogen and oxygen atoms in total. The number of aromatic carboxylic acids is 1. The van der Waals surface area contributed by atoms with Crippen LogP contribution in [0.15, 0.2) is 18.2 Å². The molecule has 0 radical (unpaired) electrons. The minimum Gasteiger partial charge on any atom is -0.475 e. The van der Waals surface area contributed by atoms with Crippen LogP contribution >= 0.6 is 11.6 Å². The average Bonchev–Trinajstić information content (AvgIpc) is 2.77. The monoisotopic (exact) mass is 283 g/mol. The summed E-state index contributed by atoms with van der Waals surface area (Å²) in [7, 11) is 0. The smallest absolute Gasteiger partial charge is 0.375 e. The van der Waals surface area contributed by atoms with Crippen LogP contribution in [-0.4, -0.2) is 25.8 Å². The second kappa shape index (κ2) is 4.97. The highest BCUT2D eigenvalue weighted by Crippen LogP contribution is 2.24. The van der Waals surface area contributed by atoms with Crippen LogP contribution in [0.2, 0.25) is 5.02 Å². The van der Waals surface area contributed by atoms with Crippen molar-refractivity contribution in [1.82, 2.24) is 14.8 Å². The van der Waals surface area contributed by atoms with Gasteiger partial charge in [-0.25, -0.2) is 18.9 Å². The molecular formula is C12H11ClFN3O2. The Balaban J connectivity index is 2.67. The molecule has 1 aromatic carbocycles. The number of nitrogens with zero attached hydrogens (tertiary/aromatic N) is 3. The van der Waals surface area contributed by atoms with Gasteiger partial charge in [-0.3, -0.25) is 0 Å². The highest BCUT2D eigenvalue weighted by molar-refractivity contribution is 6.30. The first kappa shape index (κ1) is 13.5. The molecule has 1 heterocycles. The normalized spacial score (nSPS) is 11.0. The first-order chi connectivity index (χ1) is 8.91. The summed E-state index contributed by atoms with van der Waals surface area (Å²) in [6.07, 6.45) is 0. The highest BCUT2D eigenvalue weighted by atomic mass is 35.5. The third-order valence-corrected chi connectivity index (χ3v) is 2.79. The molecule has 7 heteroatoms. The van der Waals surface area contributed by atoms with Crippen LogP contribution < -0.4 is 0 Å². The zero-order valence-corrected chi connectivity index (χ0v) is 11.0. The molecule has 1 N–H and O–H groups in total. The van der Waals surface area contributed by atoms with Gasteiger partial charge in [0.15, 0.2) is 5.82 Å². The first-order valence-corrected chi connectivity index (χ1v) is 5.94. The Bertz CT molecular complexity index is 640. The molecule has 0 fully saturated rings. The van der Waals surface area contributed by atoms with Crippen LogP contribution in [0.25, 0.3) is 5.69 Å². The van der Waals surface area contributed by atoms with Crippen molar-refractivity contribution in [1.29, 1.82) is 0 Å². The van der Waals surface area contributed by atoms with E-state index in [4.69, 9.17) is 16.7 Å². The third-order valence-electron chi connectivity index (χ3n) is 2.50. The second-order valence-corrected chi connectivity index (χ2v) is 4.65. The molecule has 0 aliphatic heterocycles. The van der Waals surface area contributed by atoms with E-state index in [1.165, 1.54) is 16.8 Å². The van der Waals surface area contributed by atoms with Crippen molar-refractivity contribution in [2.75, 3.05) is 0 Å². The van der Waals surface area contributed by atoms with Crippen LogP contribution in [0.4, 0.5) is 4.39 Å². The Hall–Kier alpha value is -1.95. The number of aromatic nitrogens is 3. The molecule has 0 unspecified atom stereocenters. The summed E-state index contributed by atoms with van der Waals surface area (Å²) in [5.41, 5.74) is 0.0798. The summed E-state index contributed by atoms with van der Waals surface area (Å²) in [5.74, 6) is -2.04. The van der Waals surface area contributed by atoms with E-state index in [2.05, 4.69) is 10.1 Å². The van der Waals surface area contributed by atoms with Crippen molar-refractivity contribution in [2.45, 2.75) is 19.8 Å². The van der Waals surface area contributed by atoms with Crippen LogP contribution in [0.5, 0.6) is 0 Å². The molecule has 0 saturated heterocycles. The minimum absolute atomic E-state index is 0.0559. The van der Waals surface area contributed by atoms with Crippen molar-refractivity contribution in [3.8, 4) is 5.69 Å². The number of carboxylic acid groups (broad SMARTS) is 1. The first-order valence-electron chi connectivity index (χ1n) is 5.56. The molecule has 2 rings (SSSR count). The standard InChI is InChI=1S/C12H11ClFN3O2/c1-6(2)11-15-10(12(18)19)16-17(11)8-5-3-4-7(13)9(8)14/h3-6H,1-2H3,(H,18,19). The third kappa shape index (κ3) is 2.44. The maximum atomic E-state index is 14.0. The fraction of sp³-hybridized carbons (Fsp3) is 0.250. The quantitative estimate of drug-likeness (QED) is 0.940. The molecule has 0 atom stereocenters. The highest BCUT2D eigenvalue weighted by Gasteiger charge is 2.21. The van der Waals surface area contributed by atoms with E-state index in [-0.39, 0.29) is 22.5 Å². The van der Waals surface area contributed by atoms with Gasteiger partial charge in [0.2, 0.25) is 0 Å². The van der Waals surface area contributed by atoms with Gasteiger partial charge in [0.25, 0.3) is 5.82 Å². The maximum Gasteiger partial charge on any atom is 0.375 e. The average molecular weight is 284 g/mol. The molecule has 1 aromatic heterocycles. The second-order valence-electron chi connectivity index (χ2n) is 4.24. The number of benzene rings is 1. The van der Waals surface area contributed by atoms with E-state index in [1.54, 1.807) is 6.07 Å². The summed E-state index contributed by atoms with van der Waals surface area (Å²) in [4.78, 5) is 14.8. The molecule has 0 saturated carbocycles. The van der Waals surface area contributed by atoms with Crippen LogP contribution in [0.1, 0.15) is 36.2 Å². The molecular weight excluding hydrogens is 273 g/mol. The lowest BCUT2D eigenvalue weighted by atomic mass is 10.2. The van der Waals surface area contributed by atoms with Crippen molar-refractivity contribution in [2.24, 2.45) is 0 Å². The van der Waals surface area contributed by atoms with E-state index >= 15 is 0 Å². The van der Waals surface area contributed by atoms with Gasteiger partial charge in [-0.1, -0.05) is 31.5 Å². The van der Waals surface area contributed by atoms with Gasteiger partial charge in [-0.2, -0.15) is 0 Å². The summed E-state index contributed by atoms with van der Waals surface area (Å²) >= 11 is 5.71. The molecule has 19 heavy (non-hydrogen) atoms. The van der Waals surface area contributed by atoms with Gasteiger partial charge in [-0.15, -0.1) is 5.10 Å². The number of carboxylic acids is 1. The summed E-state index contributed by atoms with van der Waals surface area (Å²) in [6, 6.07) is 4.44. The van der Waals surface area contributed by atoms with Gasteiger partial charge < -0.3 is 5.11 Å². The molecule has 2 aromatic rings. The molecule has 0 aliphatic carbocycles. The number of carbonyl (C=O) groups is 1. The van der Waals surface area contributed by atoms with E-state index < -0.39 is 11.8 Å². The van der Waals surface area contributed by atoms with Crippen molar-refractivity contribution in [3.05, 3.63) is 40.7 Å². The van der Waals surface area contributed by atoms with Gasteiger partial charge >= 0.3 is 5.97 Å². The predicted molar refractivity (Wildman–Crippen MR) is 67.4 cm³/mol. The van der Waals surface area contributed by atoms with Crippen molar-refractivity contribution < 1.29 is 14.3 Å². The van der Waals surface area contributed by atoms with Crippen molar-refractivity contribution >= 4 is 17.6 Å². The number of rotatable bonds is 3. The van der Waals surface area contributed by atoms with E-state index in [9.17, 15) is 9.18 Å². The summed E-state index contributed by atoms with van der Waals surface area (Å²) < 4.78 is 15.1. The van der Waals surface area contributed by atoms with Crippen LogP contribution in [0, 0.1) is 5.82 Å². The predicted octanol–water partition coefficient (Wildman–Crippen LogP) is 2.88. The van der Waals surface area contributed by atoms with Gasteiger partial charge in [-0.05, 0) is 12.1 Å². The Labute approximate surface area is 113 Å². The van der Waals surface area contributed by atoms with E-state index in [1.807, 2.05) is 13.8 Å². The zero-order valence-electron chi connectivity index (χ0n) is 10.3. The van der Waals surface area contributed by atoms with Crippen molar-refractivity contribution in [3.63, 3.8) is 0 Å². The van der Waals surface area contributed by atoms with Crippen LogP contribution in [-0.2, 0) is 0 Å². The maximum absolute atomic E-state index is 14.0.